The molecule has 1 aromatic heterocycles. The fourth-order valence-corrected chi connectivity index (χ4v) is 2.55. The third-order valence-corrected chi connectivity index (χ3v) is 3.87. The number of hydrogen-bond acceptors (Lipinski definition) is 3. The third-order valence-electron chi connectivity index (χ3n) is 3.87. The van der Waals surface area contributed by atoms with Gasteiger partial charge in [-0.2, -0.15) is 5.10 Å². The Morgan fingerprint density at radius 2 is 2.00 bits per heavy atom. The highest BCUT2D eigenvalue weighted by Gasteiger charge is 2.13. The fourth-order valence-electron chi connectivity index (χ4n) is 2.55. The molecule has 0 atom stereocenters. The second-order valence-electron chi connectivity index (χ2n) is 5.63. The Morgan fingerprint density at radius 3 is 2.60 bits per heavy atom. The van der Waals surface area contributed by atoms with E-state index in [-0.39, 0.29) is 11.7 Å². The second kappa shape index (κ2) is 7.17. The van der Waals surface area contributed by atoms with Gasteiger partial charge in [-0.1, -0.05) is 6.07 Å². The second-order valence-corrected chi connectivity index (χ2v) is 5.63. The van der Waals surface area contributed by atoms with Crippen molar-refractivity contribution in [3.8, 4) is 11.4 Å². The molecule has 0 aliphatic carbocycles. The molecule has 3 rings (SSSR count). The minimum Gasteiger partial charge on any atom is -0.494 e. The van der Waals surface area contributed by atoms with Crippen LogP contribution in [0.1, 0.15) is 15.9 Å². The van der Waals surface area contributed by atoms with Crippen LogP contribution >= 0.6 is 0 Å². The maximum atomic E-state index is 13.8. The first kappa shape index (κ1) is 16.7. The van der Waals surface area contributed by atoms with Crippen LogP contribution in [0.4, 0.5) is 4.39 Å². The molecule has 5 nitrogen and oxygen atoms in total. The van der Waals surface area contributed by atoms with Gasteiger partial charge in [-0.3, -0.25) is 4.79 Å². The van der Waals surface area contributed by atoms with Crippen molar-refractivity contribution in [2.45, 2.75) is 6.54 Å². The summed E-state index contributed by atoms with van der Waals surface area (Å²) < 4.78 is 20.4. The average molecular weight is 339 g/mol. The van der Waals surface area contributed by atoms with Gasteiger partial charge in [0.15, 0.2) is 11.6 Å². The molecule has 1 heterocycles. The quantitative estimate of drug-likeness (QED) is 0.717. The monoisotopic (exact) mass is 339 g/mol. The summed E-state index contributed by atoms with van der Waals surface area (Å²) in [4.78, 5) is 14.1. The zero-order valence-corrected chi connectivity index (χ0v) is 14.0. The highest BCUT2D eigenvalue weighted by atomic mass is 19.1. The van der Waals surface area contributed by atoms with E-state index in [9.17, 15) is 9.18 Å². The lowest BCUT2D eigenvalue weighted by molar-refractivity contribution is 0.0785. The van der Waals surface area contributed by atoms with Gasteiger partial charge in [-0.15, -0.1) is 0 Å². The largest absolute Gasteiger partial charge is 0.494 e. The van der Waals surface area contributed by atoms with E-state index in [1.807, 2.05) is 24.4 Å². The van der Waals surface area contributed by atoms with Crippen LogP contribution in [-0.4, -0.2) is 34.7 Å². The Hall–Kier alpha value is -3.15. The van der Waals surface area contributed by atoms with Crippen molar-refractivity contribution in [2.24, 2.45) is 0 Å². The van der Waals surface area contributed by atoms with Gasteiger partial charge in [0.25, 0.3) is 5.91 Å². The Kier molecular flexibility index (Phi) is 4.79. The van der Waals surface area contributed by atoms with Gasteiger partial charge < -0.3 is 9.64 Å². The number of nitrogens with zero attached hydrogens (tertiary/aromatic N) is 3. The molecule has 0 spiro atoms. The van der Waals surface area contributed by atoms with Crippen LogP contribution in [0.15, 0.2) is 60.9 Å². The number of halogens is 1. The van der Waals surface area contributed by atoms with Crippen LogP contribution < -0.4 is 4.74 Å². The number of methoxy groups -OCH3 is 1. The molecule has 2 aromatic carbocycles. The predicted octanol–water partition coefficient (Wildman–Crippen LogP) is 3.29. The first-order valence-corrected chi connectivity index (χ1v) is 7.76. The number of ether oxygens (including phenoxy) is 1. The number of carbonyl (C=O) groups excluding carboxylic acids is 1. The number of benzene rings is 2. The first-order valence-electron chi connectivity index (χ1n) is 7.76. The molecule has 0 fully saturated rings. The van der Waals surface area contributed by atoms with Crippen LogP contribution in [0, 0.1) is 5.82 Å². The Balaban J connectivity index is 1.70. The molecule has 25 heavy (non-hydrogen) atoms. The van der Waals surface area contributed by atoms with Gasteiger partial charge in [0.2, 0.25) is 0 Å². The Bertz CT molecular complexity index is 861. The molecule has 0 aliphatic rings. The van der Waals surface area contributed by atoms with Crippen molar-refractivity contribution < 1.29 is 13.9 Å². The molecule has 0 N–H and O–H groups in total. The molecule has 6 heteroatoms. The molecule has 0 unspecified atom stereocenters. The molecule has 1 amide bonds. The number of carbonyl (C=O) groups is 1. The highest BCUT2D eigenvalue weighted by molar-refractivity contribution is 5.94. The smallest absolute Gasteiger partial charge is 0.253 e. The standard InChI is InChI=1S/C19H18FN3O2/c1-22(13-14-4-9-18(25-2)17(20)12-14)19(24)15-5-7-16(8-6-15)23-11-3-10-21-23/h3-12H,13H2,1-2H3. The summed E-state index contributed by atoms with van der Waals surface area (Å²) in [6.07, 6.45) is 3.53. The van der Waals surface area contributed by atoms with E-state index < -0.39 is 5.82 Å². The van der Waals surface area contributed by atoms with E-state index in [1.54, 1.807) is 47.1 Å². The maximum absolute atomic E-state index is 13.8. The van der Waals surface area contributed by atoms with Crippen molar-refractivity contribution in [3.05, 3.63) is 77.9 Å². The van der Waals surface area contributed by atoms with Crippen molar-refractivity contribution >= 4 is 5.91 Å². The minimum absolute atomic E-state index is 0.136. The van der Waals surface area contributed by atoms with Crippen molar-refractivity contribution in [1.29, 1.82) is 0 Å². The van der Waals surface area contributed by atoms with Crippen LogP contribution in [-0.2, 0) is 6.54 Å². The van der Waals surface area contributed by atoms with E-state index in [2.05, 4.69) is 5.10 Å². The number of rotatable bonds is 5. The number of amides is 1. The van der Waals surface area contributed by atoms with E-state index in [0.29, 0.717) is 17.7 Å². The number of aromatic nitrogens is 2. The molecule has 0 bridgehead atoms. The summed E-state index contributed by atoms with van der Waals surface area (Å²) in [6.45, 7) is 0.306. The van der Waals surface area contributed by atoms with Crippen LogP contribution in [0.5, 0.6) is 5.75 Å². The molecule has 0 radical (unpaired) electrons. The number of hydrogen-bond donors (Lipinski definition) is 0. The Morgan fingerprint density at radius 1 is 1.24 bits per heavy atom. The third kappa shape index (κ3) is 3.68. The van der Waals surface area contributed by atoms with E-state index in [1.165, 1.54) is 13.2 Å². The van der Waals surface area contributed by atoms with Gasteiger partial charge in [0, 0.05) is 31.5 Å². The zero-order valence-electron chi connectivity index (χ0n) is 14.0. The topological polar surface area (TPSA) is 47.4 Å². The van der Waals surface area contributed by atoms with Gasteiger partial charge in [-0.25, -0.2) is 9.07 Å². The average Bonchev–Trinajstić information content (AvgIpc) is 3.16. The van der Waals surface area contributed by atoms with Crippen molar-refractivity contribution in [2.75, 3.05) is 14.2 Å². The molecule has 128 valence electrons. The normalized spacial score (nSPS) is 10.5. The van der Waals surface area contributed by atoms with Gasteiger partial charge in [0.05, 0.1) is 12.8 Å². The van der Waals surface area contributed by atoms with Crippen LogP contribution in [0.3, 0.4) is 0 Å². The lowest BCUT2D eigenvalue weighted by Gasteiger charge is -2.18. The van der Waals surface area contributed by atoms with Crippen molar-refractivity contribution in [3.63, 3.8) is 0 Å². The van der Waals surface area contributed by atoms with E-state index in [0.717, 1.165) is 5.69 Å². The van der Waals surface area contributed by atoms with E-state index in [4.69, 9.17) is 4.74 Å². The maximum Gasteiger partial charge on any atom is 0.253 e. The van der Waals surface area contributed by atoms with Crippen molar-refractivity contribution in [1.82, 2.24) is 14.7 Å². The fraction of sp³-hybridized carbons (Fsp3) is 0.158. The molecular weight excluding hydrogens is 321 g/mol. The summed E-state index contributed by atoms with van der Waals surface area (Å²) in [7, 11) is 3.10. The summed E-state index contributed by atoms with van der Waals surface area (Å²) in [5.74, 6) is -0.389. The minimum atomic E-state index is -0.440. The van der Waals surface area contributed by atoms with Crippen LogP contribution in [0.2, 0.25) is 0 Å². The van der Waals surface area contributed by atoms with E-state index >= 15 is 0 Å². The van der Waals surface area contributed by atoms with Gasteiger partial charge in [-0.05, 0) is 48.0 Å². The molecular formula is C19H18FN3O2. The first-order chi connectivity index (χ1) is 12.1. The highest BCUT2D eigenvalue weighted by Crippen LogP contribution is 2.19. The lowest BCUT2D eigenvalue weighted by Crippen LogP contribution is -2.26. The van der Waals surface area contributed by atoms with Gasteiger partial charge in [0.1, 0.15) is 0 Å². The molecule has 0 saturated carbocycles. The predicted molar refractivity (Wildman–Crippen MR) is 92.3 cm³/mol. The molecule has 3 aromatic rings. The SMILES string of the molecule is COc1ccc(CN(C)C(=O)c2ccc(-n3cccn3)cc2)cc1F. The Labute approximate surface area is 145 Å². The molecule has 0 saturated heterocycles. The molecule has 0 aliphatic heterocycles. The zero-order chi connectivity index (χ0) is 17.8. The van der Waals surface area contributed by atoms with Crippen LogP contribution in [0.25, 0.3) is 5.69 Å². The summed E-state index contributed by atoms with van der Waals surface area (Å²) in [5, 5.41) is 4.15. The summed E-state index contributed by atoms with van der Waals surface area (Å²) >= 11 is 0. The summed E-state index contributed by atoms with van der Waals surface area (Å²) in [6, 6.07) is 13.7. The lowest BCUT2D eigenvalue weighted by atomic mass is 10.1. The van der Waals surface area contributed by atoms with Gasteiger partial charge >= 0.3 is 0 Å². The summed E-state index contributed by atoms with van der Waals surface area (Å²) in [5.41, 5.74) is 2.14.